The van der Waals surface area contributed by atoms with Crippen molar-refractivity contribution < 1.29 is 23.3 Å². The molecule has 0 fully saturated rings. The molecule has 0 aromatic heterocycles. The molecule has 2 radical (unpaired) electrons. The third-order valence-corrected chi connectivity index (χ3v) is 12.6. The number of ether oxygens (including phenoxy) is 3. The fourth-order valence-corrected chi connectivity index (χ4v) is 10.5. The molecule has 1 aliphatic heterocycles. The van der Waals surface area contributed by atoms with Crippen LogP contribution in [0.5, 0.6) is 5.75 Å². The van der Waals surface area contributed by atoms with Gasteiger partial charge in [0.15, 0.2) is 0 Å². The Morgan fingerprint density at radius 1 is 1.06 bits per heavy atom. The molecule has 1 aromatic rings. The molecular weight excluding hydrogens is 437 g/mol. The van der Waals surface area contributed by atoms with E-state index in [1.165, 1.54) is 0 Å². The van der Waals surface area contributed by atoms with E-state index in [-0.39, 0.29) is 18.3 Å². The average molecular weight is 476 g/mol. The molecule has 0 N–H and O–H groups in total. The molecule has 0 aliphatic carbocycles. The van der Waals surface area contributed by atoms with Crippen LogP contribution in [0.4, 0.5) is 0 Å². The first-order valence-electron chi connectivity index (χ1n) is 11.5. The smallest absolute Gasteiger partial charge is 0.258 e. The predicted octanol–water partition coefficient (Wildman–Crippen LogP) is 5.10. The Morgan fingerprint density at radius 3 is 2.16 bits per heavy atom. The standard InChI is InChI=1S/C23H39B2O5PSi/c1-16(2)32(17(3)4,18(5)6)29-15-22-23(21(12-13-27-22)30-25(24)31)28-14-19-8-10-20(26-7)11-9-19/h8-13,16-18,21-23H,14-15,31H2,1-7H3/t21-,22?,23-/m1/s1. The summed E-state index contributed by atoms with van der Waals surface area (Å²) < 4.78 is 30.3. The molecule has 1 aliphatic rings. The fraction of sp³-hybridized carbons (Fsp3) is 0.652. The Hall–Kier alpha value is -0.783. The lowest BCUT2D eigenvalue weighted by Gasteiger charge is -2.44. The van der Waals surface area contributed by atoms with Gasteiger partial charge in [0.2, 0.25) is 8.32 Å². The van der Waals surface area contributed by atoms with Crippen molar-refractivity contribution in [2.75, 3.05) is 13.7 Å². The molecule has 1 aromatic carbocycles. The molecule has 0 saturated heterocycles. The lowest BCUT2D eigenvalue weighted by atomic mass is 9.69. The van der Waals surface area contributed by atoms with Gasteiger partial charge in [-0.05, 0) is 40.4 Å². The Morgan fingerprint density at radius 2 is 1.66 bits per heavy atom. The summed E-state index contributed by atoms with van der Waals surface area (Å²) in [5, 5.41) is 0. The topological polar surface area (TPSA) is 46.2 Å². The van der Waals surface area contributed by atoms with E-state index in [0.717, 1.165) is 11.3 Å². The van der Waals surface area contributed by atoms with Crippen LogP contribution in [0.1, 0.15) is 47.1 Å². The summed E-state index contributed by atoms with van der Waals surface area (Å²) in [5.41, 5.74) is 2.53. The molecule has 176 valence electrons. The van der Waals surface area contributed by atoms with Crippen LogP contribution >= 0.6 is 9.12 Å². The highest BCUT2D eigenvalue weighted by Crippen LogP contribution is 2.42. The summed E-state index contributed by atoms with van der Waals surface area (Å²) in [6.45, 7) is 14.1. The SMILES string of the molecule is [B]B(P)O[C@@H]1C=COC(CO[Si](C(C)C)(C(C)C)C(C)C)[C@@H]1OCc1ccc(OC)cc1. The van der Waals surface area contributed by atoms with Gasteiger partial charge in [-0.25, -0.2) is 0 Å². The van der Waals surface area contributed by atoms with Crippen molar-refractivity contribution in [2.45, 2.75) is 83.1 Å². The van der Waals surface area contributed by atoms with Gasteiger partial charge in [-0.2, -0.15) is 0 Å². The third kappa shape index (κ3) is 6.86. The van der Waals surface area contributed by atoms with Crippen molar-refractivity contribution in [1.29, 1.82) is 0 Å². The van der Waals surface area contributed by atoms with E-state index < -0.39 is 14.8 Å². The van der Waals surface area contributed by atoms with Gasteiger partial charge in [-0.15, -0.1) is 9.12 Å². The van der Waals surface area contributed by atoms with Crippen molar-refractivity contribution in [3.8, 4) is 5.75 Å². The first kappa shape index (κ1) is 27.5. The van der Waals surface area contributed by atoms with Crippen molar-refractivity contribution in [3.63, 3.8) is 0 Å². The zero-order chi connectivity index (χ0) is 23.9. The van der Waals surface area contributed by atoms with E-state index in [1.807, 2.05) is 30.3 Å². The fourth-order valence-electron chi connectivity index (χ4n) is 4.90. The molecule has 0 spiro atoms. The summed E-state index contributed by atoms with van der Waals surface area (Å²) in [4.78, 5) is 0. The number of rotatable bonds is 12. The highest BCUT2D eigenvalue weighted by atomic mass is 31.0. The van der Waals surface area contributed by atoms with Gasteiger partial charge < -0.3 is 23.3 Å². The average Bonchev–Trinajstić information content (AvgIpc) is 2.72. The van der Waals surface area contributed by atoms with E-state index in [0.29, 0.717) is 29.8 Å². The molecule has 0 saturated carbocycles. The zero-order valence-electron chi connectivity index (χ0n) is 20.6. The summed E-state index contributed by atoms with van der Waals surface area (Å²) >= 11 is 0. The second kappa shape index (κ2) is 12.6. The van der Waals surface area contributed by atoms with Crippen molar-refractivity contribution >= 4 is 31.7 Å². The highest BCUT2D eigenvalue weighted by Gasteiger charge is 2.46. The number of hydrogen-bond donors (Lipinski definition) is 0. The van der Waals surface area contributed by atoms with Crippen LogP contribution in [0.15, 0.2) is 36.6 Å². The van der Waals surface area contributed by atoms with Gasteiger partial charge in [0.1, 0.15) is 18.0 Å². The number of hydrogen-bond acceptors (Lipinski definition) is 5. The maximum atomic E-state index is 6.81. The Balaban J connectivity index is 2.18. The second-order valence-corrected chi connectivity index (χ2v) is 15.4. The second-order valence-electron chi connectivity index (χ2n) is 9.32. The van der Waals surface area contributed by atoms with E-state index in [2.05, 4.69) is 50.7 Å². The summed E-state index contributed by atoms with van der Waals surface area (Å²) in [7, 11) is 8.00. The summed E-state index contributed by atoms with van der Waals surface area (Å²) in [6, 6.07) is 7.85. The normalized spacial score (nSPS) is 21.3. The van der Waals surface area contributed by atoms with Gasteiger partial charge in [0.25, 0.3) is 6.53 Å². The van der Waals surface area contributed by atoms with Crippen molar-refractivity contribution in [3.05, 3.63) is 42.2 Å². The minimum absolute atomic E-state index is 0.282. The van der Waals surface area contributed by atoms with E-state index >= 15 is 0 Å². The largest absolute Gasteiger partial charge is 0.497 e. The van der Waals surface area contributed by atoms with Crippen LogP contribution in [-0.2, 0) is 25.2 Å². The Labute approximate surface area is 199 Å². The monoisotopic (exact) mass is 476 g/mol. The van der Waals surface area contributed by atoms with Gasteiger partial charge in [0.05, 0.1) is 40.4 Å². The van der Waals surface area contributed by atoms with Crippen LogP contribution < -0.4 is 4.74 Å². The highest BCUT2D eigenvalue weighted by molar-refractivity contribution is 7.70. The molecule has 1 heterocycles. The molecule has 9 heteroatoms. The van der Waals surface area contributed by atoms with Crippen LogP contribution in [0.2, 0.25) is 16.6 Å². The maximum Gasteiger partial charge on any atom is 0.258 e. The van der Waals surface area contributed by atoms with Crippen LogP contribution in [0.25, 0.3) is 0 Å². The Bertz CT molecular complexity index is 693. The van der Waals surface area contributed by atoms with Crippen molar-refractivity contribution in [2.24, 2.45) is 0 Å². The quantitative estimate of drug-likeness (QED) is 0.311. The van der Waals surface area contributed by atoms with Gasteiger partial charge in [0, 0.05) is 0 Å². The molecule has 2 unspecified atom stereocenters. The van der Waals surface area contributed by atoms with Gasteiger partial charge >= 0.3 is 0 Å². The van der Waals surface area contributed by atoms with E-state index in [9.17, 15) is 0 Å². The minimum Gasteiger partial charge on any atom is -0.497 e. The molecule has 5 nitrogen and oxygen atoms in total. The van der Waals surface area contributed by atoms with E-state index in [4.69, 9.17) is 31.0 Å². The molecule has 4 atom stereocenters. The first-order valence-corrected chi connectivity index (χ1v) is 14.3. The molecular formula is C23H39B2O5PSi. The minimum atomic E-state index is -2.04. The lowest BCUT2D eigenvalue weighted by molar-refractivity contribution is -0.113. The number of benzene rings is 1. The summed E-state index contributed by atoms with van der Waals surface area (Å²) in [5.74, 6) is 0.816. The molecule has 0 amide bonds. The van der Waals surface area contributed by atoms with Gasteiger partial charge in [-0.1, -0.05) is 53.7 Å². The Kier molecular flexibility index (Phi) is 10.8. The summed E-state index contributed by atoms with van der Waals surface area (Å²) in [6.07, 6.45) is 2.60. The van der Waals surface area contributed by atoms with Crippen LogP contribution in [-0.4, -0.2) is 54.6 Å². The maximum absolute atomic E-state index is 6.81. The number of methoxy groups -OCH3 is 1. The van der Waals surface area contributed by atoms with Crippen LogP contribution in [0, 0.1) is 0 Å². The zero-order valence-corrected chi connectivity index (χ0v) is 22.8. The van der Waals surface area contributed by atoms with Gasteiger partial charge in [-0.3, -0.25) is 0 Å². The molecule has 0 bridgehead atoms. The lowest BCUT2D eigenvalue weighted by Crippen LogP contribution is -2.53. The van der Waals surface area contributed by atoms with E-state index in [1.54, 1.807) is 13.4 Å². The molecule has 2 rings (SSSR count). The van der Waals surface area contributed by atoms with Crippen molar-refractivity contribution in [1.82, 2.24) is 0 Å². The predicted molar refractivity (Wildman–Crippen MR) is 139 cm³/mol. The van der Waals surface area contributed by atoms with Crippen LogP contribution in [0.3, 0.4) is 0 Å². The molecule has 32 heavy (non-hydrogen) atoms. The first-order chi connectivity index (χ1) is 15.1. The third-order valence-electron chi connectivity index (χ3n) is 6.33.